The summed E-state index contributed by atoms with van der Waals surface area (Å²) in [4.78, 5) is 0. The van der Waals surface area contributed by atoms with E-state index in [0.717, 1.165) is 10.9 Å². The Morgan fingerprint density at radius 3 is 2.11 bits per heavy atom. The van der Waals surface area contributed by atoms with Crippen LogP contribution < -0.4 is 0 Å². The van der Waals surface area contributed by atoms with Gasteiger partial charge in [-0.25, -0.2) is 0 Å². The fourth-order valence-electron chi connectivity index (χ4n) is 2.26. The van der Waals surface area contributed by atoms with Crippen molar-refractivity contribution < 1.29 is 5.11 Å². The zero-order valence-corrected chi connectivity index (χ0v) is 13.7. The lowest BCUT2D eigenvalue weighted by Gasteiger charge is -2.34. The Balaban J connectivity index is 2.55. The van der Waals surface area contributed by atoms with Gasteiger partial charge in [-0.15, -0.1) is 35.3 Å². The van der Waals surface area contributed by atoms with Crippen LogP contribution in [0, 0.1) is 0 Å². The number of fused-ring (bicyclic) bond motifs is 1. The predicted octanol–water partition coefficient (Wildman–Crippen LogP) is 4.62. The molecule has 0 aliphatic carbocycles. The van der Waals surface area contributed by atoms with Crippen LogP contribution in [0.2, 0.25) is 0 Å². The summed E-state index contributed by atoms with van der Waals surface area (Å²) in [6.07, 6.45) is 5.67. The molecule has 0 radical (unpaired) electrons. The summed E-state index contributed by atoms with van der Waals surface area (Å²) < 4.78 is -0.260. The molecule has 0 aliphatic rings. The smallest absolute Gasteiger partial charge is 0.136 e. The molecule has 0 saturated heterocycles. The first-order valence-corrected chi connectivity index (χ1v) is 9.67. The molecule has 2 rings (SSSR count). The second-order valence-corrected chi connectivity index (χ2v) is 8.12. The van der Waals surface area contributed by atoms with Gasteiger partial charge in [0.05, 0.1) is 0 Å². The molecular formula is C15H18OS3. The molecular weight excluding hydrogens is 292 g/mol. The molecule has 4 heteroatoms. The fourth-order valence-corrected chi connectivity index (χ4v) is 5.31. The predicted molar refractivity (Wildman–Crippen MR) is 92.2 cm³/mol. The molecule has 1 nitrogen and oxygen atoms in total. The molecule has 0 heterocycles. The zero-order chi connectivity index (χ0) is 13.9. The monoisotopic (exact) mass is 310 g/mol. The first-order valence-electron chi connectivity index (χ1n) is 5.99. The summed E-state index contributed by atoms with van der Waals surface area (Å²) in [5.74, 6) is 0. The van der Waals surface area contributed by atoms with E-state index in [9.17, 15) is 5.11 Å². The highest BCUT2D eigenvalue weighted by Gasteiger charge is 2.37. The van der Waals surface area contributed by atoms with Crippen LogP contribution >= 0.6 is 35.3 Å². The highest BCUT2D eigenvalue weighted by atomic mass is 32.3. The lowest BCUT2D eigenvalue weighted by Crippen LogP contribution is -2.24. The van der Waals surface area contributed by atoms with Gasteiger partial charge in [-0.2, -0.15) is 0 Å². The number of hydrogen-bond donors (Lipinski definition) is 1. The van der Waals surface area contributed by atoms with E-state index in [1.165, 1.54) is 5.39 Å². The maximum atomic E-state index is 10.9. The van der Waals surface area contributed by atoms with Crippen LogP contribution in [0.25, 0.3) is 10.8 Å². The molecule has 102 valence electrons. The first kappa shape index (κ1) is 15.1. The van der Waals surface area contributed by atoms with Crippen molar-refractivity contribution in [2.24, 2.45) is 0 Å². The van der Waals surface area contributed by atoms with Gasteiger partial charge in [0.25, 0.3) is 0 Å². The van der Waals surface area contributed by atoms with Crippen molar-refractivity contribution in [1.29, 1.82) is 0 Å². The topological polar surface area (TPSA) is 20.2 Å². The van der Waals surface area contributed by atoms with E-state index in [1.807, 2.05) is 24.3 Å². The van der Waals surface area contributed by atoms with E-state index in [1.54, 1.807) is 35.3 Å². The molecule has 0 aliphatic heterocycles. The lowest BCUT2D eigenvalue weighted by atomic mass is 10.0. The van der Waals surface area contributed by atoms with Crippen LogP contribution in [-0.4, -0.2) is 27.3 Å². The first-order chi connectivity index (χ1) is 9.18. The van der Waals surface area contributed by atoms with Gasteiger partial charge < -0.3 is 5.11 Å². The Hall–Kier alpha value is -0.290. The van der Waals surface area contributed by atoms with Crippen molar-refractivity contribution in [2.75, 3.05) is 18.8 Å². The quantitative estimate of drug-likeness (QED) is 0.813. The highest BCUT2D eigenvalue weighted by molar-refractivity contribution is 8.33. The standard InChI is InChI=1S/C15H18OS3/c1-17-15(18-2,19-3)14(16)13-10-6-8-11-7-4-5-9-12(11)13/h4-10,14,16H,1-3H3. The highest BCUT2D eigenvalue weighted by Crippen LogP contribution is 2.52. The molecule has 2 aromatic rings. The average molecular weight is 311 g/mol. The van der Waals surface area contributed by atoms with Crippen LogP contribution in [0.5, 0.6) is 0 Å². The summed E-state index contributed by atoms with van der Waals surface area (Å²) in [6, 6.07) is 14.4. The van der Waals surface area contributed by atoms with Crippen LogP contribution in [0.1, 0.15) is 11.7 Å². The second-order valence-electron chi connectivity index (χ2n) is 4.19. The molecule has 2 aromatic carbocycles. The van der Waals surface area contributed by atoms with Gasteiger partial charge >= 0.3 is 0 Å². The number of aliphatic hydroxyl groups excluding tert-OH is 1. The van der Waals surface area contributed by atoms with Gasteiger partial charge in [-0.05, 0) is 35.1 Å². The molecule has 0 aromatic heterocycles. The maximum Gasteiger partial charge on any atom is 0.136 e. The van der Waals surface area contributed by atoms with Gasteiger partial charge in [-0.3, -0.25) is 0 Å². The van der Waals surface area contributed by atoms with E-state index in [-0.39, 0.29) is 3.41 Å². The third-order valence-corrected chi connectivity index (χ3v) is 8.68. The van der Waals surface area contributed by atoms with Gasteiger partial charge in [0.15, 0.2) is 0 Å². The minimum absolute atomic E-state index is 0.260. The number of benzene rings is 2. The Kier molecular flexibility index (Phi) is 5.12. The summed E-state index contributed by atoms with van der Waals surface area (Å²) in [6.45, 7) is 0. The van der Waals surface area contributed by atoms with Crippen molar-refractivity contribution >= 4 is 46.1 Å². The molecule has 0 fully saturated rings. The summed E-state index contributed by atoms with van der Waals surface area (Å²) in [5.41, 5.74) is 1.01. The normalized spacial score (nSPS) is 13.7. The van der Waals surface area contributed by atoms with Crippen LogP contribution in [0.4, 0.5) is 0 Å². The van der Waals surface area contributed by atoms with Gasteiger partial charge in [0.1, 0.15) is 9.52 Å². The van der Waals surface area contributed by atoms with Gasteiger partial charge in [0, 0.05) is 0 Å². The zero-order valence-electron chi connectivity index (χ0n) is 11.3. The second kappa shape index (κ2) is 6.44. The van der Waals surface area contributed by atoms with Gasteiger partial charge in [-0.1, -0.05) is 42.5 Å². The Labute approximate surface area is 127 Å². The van der Waals surface area contributed by atoms with Crippen molar-refractivity contribution in [3.05, 3.63) is 48.0 Å². The van der Waals surface area contributed by atoms with Crippen molar-refractivity contribution in [1.82, 2.24) is 0 Å². The van der Waals surface area contributed by atoms with E-state index < -0.39 is 6.10 Å². The van der Waals surface area contributed by atoms with Crippen LogP contribution in [-0.2, 0) is 0 Å². The van der Waals surface area contributed by atoms with Gasteiger partial charge in [0.2, 0.25) is 0 Å². The molecule has 1 unspecified atom stereocenters. The fraction of sp³-hybridized carbons (Fsp3) is 0.333. The SMILES string of the molecule is CSC(SC)(SC)C(O)c1cccc2ccccc12. The summed E-state index contributed by atoms with van der Waals surface area (Å²) in [5, 5.41) is 13.2. The van der Waals surface area contributed by atoms with E-state index in [4.69, 9.17) is 0 Å². The third kappa shape index (κ3) is 2.77. The van der Waals surface area contributed by atoms with Crippen molar-refractivity contribution in [2.45, 2.75) is 9.52 Å². The molecule has 0 amide bonds. The Morgan fingerprint density at radius 1 is 0.895 bits per heavy atom. The van der Waals surface area contributed by atoms with Crippen LogP contribution in [0.15, 0.2) is 42.5 Å². The van der Waals surface area contributed by atoms with E-state index in [0.29, 0.717) is 0 Å². The molecule has 19 heavy (non-hydrogen) atoms. The number of hydrogen-bond acceptors (Lipinski definition) is 4. The summed E-state index contributed by atoms with van der Waals surface area (Å²) in [7, 11) is 0. The Bertz CT molecular complexity index is 538. The molecule has 1 atom stereocenters. The number of aliphatic hydroxyl groups is 1. The number of rotatable bonds is 5. The van der Waals surface area contributed by atoms with E-state index >= 15 is 0 Å². The maximum absolute atomic E-state index is 10.9. The molecule has 0 saturated carbocycles. The minimum Gasteiger partial charge on any atom is -0.385 e. The molecule has 0 spiro atoms. The molecule has 1 N–H and O–H groups in total. The summed E-state index contributed by atoms with van der Waals surface area (Å²) >= 11 is 5.11. The lowest BCUT2D eigenvalue weighted by molar-refractivity contribution is 0.190. The van der Waals surface area contributed by atoms with Crippen molar-refractivity contribution in [3.8, 4) is 0 Å². The van der Waals surface area contributed by atoms with Crippen molar-refractivity contribution in [3.63, 3.8) is 0 Å². The minimum atomic E-state index is -0.501. The number of thioether (sulfide) groups is 3. The average Bonchev–Trinajstić information content (AvgIpc) is 2.49. The third-order valence-electron chi connectivity index (χ3n) is 3.31. The largest absolute Gasteiger partial charge is 0.385 e. The van der Waals surface area contributed by atoms with Crippen LogP contribution in [0.3, 0.4) is 0 Å². The Morgan fingerprint density at radius 2 is 1.47 bits per heavy atom. The molecule has 0 bridgehead atoms. The van der Waals surface area contributed by atoms with E-state index in [2.05, 4.69) is 37.0 Å².